The average Bonchev–Trinajstić information content (AvgIpc) is 2.67. The second kappa shape index (κ2) is 5.15. The van der Waals surface area contributed by atoms with Crippen molar-refractivity contribution >= 4 is 0 Å². The molecule has 2 rings (SSSR count). The average molecular weight is 195 g/mol. The minimum absolute atomic E-state index is 0.646. The first-order valence-corrected chi connectivity index (χ1v) is 5.52. The van der Waals surface area contributed by atoms with Gasteiger partial charge in [-0.25, -0.2) is 0 Å². The summed E-state index contributed by atoms with van der Waals surface area (Å²) in [4.78, 5) is 2.47. The molecule has 0 unspecified atom stereocenters. The maximum absolute atomic E-state index is 4.05. The molecule has 0 aliphatic carbocycles. The zero-order chi connectivity index (χ0) is 10.6. The number of nitrogens with one attached hydrogen (secondary N) is 1. The molecule has 0 saturated heterocycles. The van der Waals surface area contributed by atoms with Crippen LogP contribution in [0.15, 0.2) is 6.20 Å². The standard InChI is InChI=1S/C9H15N3.C2H6/c1-7(2)12-4-3-9-8(6-12)5-10-11-9;1-2/h5,7H,3-4,6H2,1-2H3,(H,10,11);1-2H3. The Morgan fingerprint density at radius 3 is 2.79 bits per heavy atom. The van der Waals surface area contributed by atoms with Gasteiger partial charge in [-0.15, -0.1) is 0 Å². The van der Waals surface area contributed by atoms with Gasteiger partial charge in [-0.05, 0) is 13.8 Å². The van der Waals surface area contributed by atoms with E-state index in [0.717, 1.165) is 19.5 Å². The van der Waals surface area contributed by atoms with Crippen molar-refractivity contribution in [2.24, 2.45) is 0 Å². The lowest BCUT2D eigenvalue weighted by molar-refractivity contribution is 0.203. The highest BCUT2D eigenvalue weighted by Gasteiger charge is 2.18. The Labute approximate surface area is 86.5 Å². The van der Waals surface area contributed by atoms with Gasteiger partial charge in [0.15, 0.2) is 0 Å². The van der Waals surface area contributed by atoms with E-state index >= 15 is 0 Å². The van der Waals surface area contributed by atoms with E-state index in [1.54, 1.807) is 0 Å². The van der Waals surface area contributed by atoms with Crippen LogP contribution >= 0.6 is 0 Å². The third-order valence-corrected chi connectivity index (χ3v) is 2.56. The first-order chi connectivity index (χ1) is 6.77. The van der Waals surface area contributed by atoms with Crippen LogP contribution in [-0.2, 0) is 13.0 Å². The van der Waals surface area contributed by atoms with Crippen LogP contribution < -0.4 is 0 Å². The van der Waals surface area contributed by atoms with Crippen molar-refractivity contribution in [3.63, 3.8) is 0 Å². The highest BCUT2D eigenvalue weighted by atomic mass is 15.2. The zero-order valence-electron chi connectivity index (χ0n) is 9.67. The predicted molar refractivity (Wildman–Crippen MR) is 59.2 cm³/mol. The van der Waals surface area contributed by atoms with E-state index in [2.05, 4.69) is 28.9 Å². The normalized spacial score (nSPS) is 16.1. The van der Waals surface area contributed by atoms with E-state index in [-0.39, 0.29) is 0 Å². The minimum Gasteiger partial charge on any atom is -0.296 e. The third-order valence-electron chi connectivity index (χ3n) is 2.56. The molecule has 1 aliphatic heterocycles. The van der Waals surface area contributed by atoms with Crippen LogP contribution in [0.3, 0.4) is 0 Å². The van der Waals surface area contributed by atoms with Crippen LogP contribution in [-0.4, -0.2) is 27.7 Å². The van der Waals surface area contributed by atoms with Gasteiger partial charge in [-0.2, -0.15) is 5.10 Å². The van der Waals surface area contributed by atoms with Crippen molar-refractivity contribution in [3.05, 3.63) is 17.5 Å². The van der Waals surface area contributed by atoms with Gasteiger partial charge in [0.2, 0.25) is 0 Å². The van der Waals surface area contributed by atoms with E-state index < -0.39 is 0 Å². The van der Waals surface area contributed by atoms with E-state index in [4.69, 9.17) is 0 Å². The summed E-state index contributed by atoms with van der Waals surface area (Å²) >= 11 is 0. The molecule has 1 N–H and O–H groups in total. The van der Waals surface area contributed by atoms with Crippen LogP contribution in [0.5, 0.6) is 0 Å². The number of aromatic amines is 1. The molecular weight excluding hydrogens is 174 g/mol. The van der Waals surface area contributed by atoms with E-state index in [1.807, 2.05) is 20.0 Å². The molecule has 0 fully saturated rings. The van der Waals surface area contributed by atoms with Crippen molar-refractivity contribution in [2.75, 3.05) is 6.54 Å². The summed E-state index contributed by atoms with van der Waals surface area (Å²) < 4.78 is 0. The molecule has 1 aromatic heterocycles. The summed E-state index contributed by atoms with van der Waals surface area (Å²) in [5.74, 6) is 0. The zero-order valence-corrected chi connectivity index (χ0v) is 9.67. The van der Waals surface area contributed by atoms with Crippen molar-refractivity contribution in [1.82, 2.24) is 15.1 Å². The lowest BCUT2D eigenvalue weighted by Gasteiger charge is -2.29. The Kier molecular flexibility index (Phi) is 4.14. The van der Waals surface area contributed by atoms with Gasteiger partial charge in [-0.1, -0.05) is 13.8 Å². The van der Waals surface area contributed by atoms with Gasteiger partial charge in [-0.3, -0.25) is 10.00 Å². The Morgan fingerprint density at radius 1 is 1.43 bits per heavy atom. The molecule has 0 saturated carbocycles. The van der Waals surface area contributed by atoms with Crippen molar-refractivity contribution in [2.45, 2.75) is 46.7 Å². The SMILES string of the molecule is CC.CC(C)N1CCc2[nH]ncc2C1. The van der Waals surface area contributed by atoms with Gasteiger partial charge < -0.3 is 0 Å². The molecule has 3 heteroatoms. The molecule has 0 aromatic carbocycles. The van der Waals surface area contributed by atoms with Crippen LogP contribution in [0.2, 0.25) is 0 Å². The van der Waals surface area contributed by atoms with E-state index in [9.17, 15) is 0 Å². The van der Waals surface area contributed by atoms with Crippen molar-refractivity contribution < 1.29 is 0 Å². The second-order valence-corrected chi connectivity index (χ2v) is 3.69. The van der Waals surface area contributed by atoms with Gasteiger partial charge in [0.1, 0.15) is 0 Å². The van der Waals surface area contributed by atoms with Gasteiger partial charge in [0.05, 0.1) is 6.20 Å². The molecule has 0 atom stereocenters. The van der Waals surface area contributed by atoms with Crippen LogP contribution in [0.25, 0.3) is 0 Å². The van der Waals surface area contributed by atoms with Crippen LogP contribution in [0.1, 0.15) is 39.0 Å². The summed E-state index contributed by atoms with van der Waals surface area (Å²) in [6, 6.07) is 0.646. The third kappa shape index (κ3) is 2.35. The summed E-state index contributed by atoms with van der Waals surface area (Å²) in [5, 5.41) is 7.09. The minimum atomic E-state index is 0.646. The lowest BCUT2D eigenvalue weighted by atomic mass is 10.1. The maximum Gasteiger partial charge on any atom is 0.0535 e. The smallest absolute Gasteiger partial charge is 0.0535 e. The number of aromatic nitrogens is 2. The van der Waals surface area contributed by atoms with Crippen molar-refractivity contribution in [1.29, 1.82) is 0 Å². The van der Waals surface area contributed by atoms with E-state index in [1.165, 1.54) is 11.3 Å². The molecule has 80 valence electrons. The summed E-state index contributed by atoms with van der Waals surface area (Å²) in [6.45, 7) is 10.7. The molecule has 2 heterocycles. The quantitative estimate of drug-likeness (QED) is 0.745. The number of hydrogen-bond donors (Lipinski definition) is 1. The fourth-order valence-corrected chi connectivity index (χ4v) is 1.68. The molecule has 1 aliphatic rings. The van der Waals surface area contributed by atoms with Crippen LogP contribution in [0, 0.1) is 0 Å². The summed E-state index contributed by atoms with van der Waals surface area (Å²) in [6.07, 6.45) is 3.07. The van der Waals surface area contributed by atoms with Gasteiger partial charge in [0, 0.05) is 36.8 Å². The number of fused-ring (bicyclic) bond motifs is 1. The summed E-state index contributed by atoms with van der Waals surface area (Å²) in [5.41, 5.74) is 2.70. The monoisotopic (exact) mass is 195 g/mol. The number of hydrogen-bond acceptors (Lipinski definition) is 2. The highest BCUT2D eigenvalue weighted by molar-refractivity contribution is 5.19. The Morgan fingerprint density at radius 2 is 2.14 bits per heavy atom. The maximum atomic E-state index is 4.05. The fourth-order valence-electron chi connectivity index (χ4n) is 1.68. The molecule has 1 aromatic rings. The van der Waals surface area contributed by atoms with Gasteiger partial charge in [0.25, 0.3) is 0 Å². The Bertz CT molecular complexity index is 265. The lowest BCUT2D eigenvalue weighted by Crippen LogP contribution is -2.35. The molecular formula is C11H21N3. The highest BCUT2D eigenvalue weighted by Crippen LogP contribution is 2.17. The predicted octanol–water partition coefficient (Wildman–Crippen LogP) is 2.20. The molecule has 0 radical (unpaired) electrons. The second-order valence-electron chi connectivity index (χ2n) is 3.69. The first-order valence-electron chi connectivity index (χ1n) is 5.52. The first kappa shape index (κ1) is 11.2. The molecule has 0 bridgehead atoms. The van der Waals surface area contributed by atoms with Crippen LogP contribution in [0.4, 0.5) is 0 Å². The van der Waals surface area contributed by atoms with E-state index in [0.29, 0.717) is 6.04 Å². The number of rotatable bonds is 1. The summed E-state index contributed by atoms with van der Waals surface area (Å²) in [7, 11) is 0. The fraction of sp³-hybridized carbons (Fsp3) is 0.727. The molecule has 14 heavy (non-hydrogen) atoms. The Hall–Kier alpha value is -0.830. The molecule has 0 amide bonds. The molecule has 3 nitrogen and oxygen atoms in total. The topological polar surface area (TPSA) is 31.9 Å². The Balaban J connectivity index is 0.000000461. The van der Waals surface area contributed by atoms with Crippen molar-refractivity contribution in [3.8, 4) is 0 Å². The van der Waals surface area contributed by atoms with Gasteiger partial charge >= 0.3 is 0 Å². The molecule has 0 spiro atoms. The largest absolute Gasteiger partial charge is 0.296 e. The number of H-pyrrole nitrogens is 1. The number of nitrogens with zero attached hydrogens (tertiary/aromatic N) is 2.